The van der Waals surface area contributed by atoms with E-state index in [2.05, 4.69) is 5.32 Å². The van der Waals surface area contributed by atoms with Gasteiger partial charge in [0.05, 0.1) is 0 Å². The van der Waals surface area contributed by atoms with Crippen molar-refractivity contribution in [3.8, 4) is 0 Å². The minimum atomic E-state index is -0.846. The Hall–Kier alpha value is -1.88. The van der Waals surface area contributed by atoms with Gasteiger partial charge >= 0.3 is 5.97 Å². The lowest BCUT2D eigenvalue weighted by atomic mass is 10.1. The lowest BCUT2D eigenvalue weighted by molar-refractivity contribution is -0.137. The molecule has 1 amide bonds. The molecule has 0 spiro atoms. The van der Waals surface area contributed by atoms with E-state index in [1.54, 1.807) is 17.4 Å². The molecule has 2 rings (SSSR count). The van der Waals surface area contributed by atoms with E-state index in [0.717, 1.165) is 10.1 Å². The van der Waals surface area contributed by atoms with Gasteiger partial charge in [-0.1, -0.05) is 0 Å². The molecule has 0 aliphatic carbocycles. The first kappa shape index (κ1) is 13.5. The van der Waals surface area contributed by atoms with Crippen LogP contribution < -0.4 is 5.32 Å². The summed E-state index contributed by atoms with van der Waals surface area (Å²) < 4.78 is 1.15. The number of hydrogen-bond acceptors (Lipinski definition) is 3. The molecule has 0 fully saturated rings. The van der Waals surface area contributed by atoms with E-state index < -0.39 is 5.97 Å². The zero-order valence-electron chi connectivity index (χ0n) is 10.6. The lowest BCUT2D eigenvalue weighted by Gasteiger charge is -2.12. The Morgan fingerprint density at radius 1 is 1.37 bits per heavy atom. The van der Waals surface area contributed by atoms with Crippen molar-refractivity contribution >= 4 is 33.3 Å². The highest BCUT2D eigenvalue weighted by atomic mass is 32.1. The van der Waals surface area contributed by atoms with E-state index in [-0.39, 0.29) is 18.4 Å². The molecule has 0 aliphatic heterocycles. The predicted octanol–water partition coefficient (Wildman–Crippen LogP) is 2.88. The number of carboxylic acid groups (broad SMARTS) is 1. The number of carboxylic acids is 1. The van der Waals surface area contributed by atoms with Gasteiger partial charge in [0.2, 0.25) is 0 Å². The zero-order chi connectivity index (χ0) is 13.8. The summed E-state index contributed by atoms with van der Waals surface area (Å²) in [6.45, 7) is 1.81. The van der Waals surface area contributed by atoms with E-state index in [4.69, 9.17) is 5.11 Å². The second-order valence-corrected chi connectivity index (χ2v) is 5.43. The highest BCUT2D eigenvalue weighted by Gasteiger charge is 2.11. The summed E-state index contributed by atoms with van der Waals surface area (Å²) in [5.41, 5.74) is 0.605. The first-order valence-corrected chi connectivity index (χ1v) is 6.94. The number of carbonyl (C=O) groups excluding carboxylic acids is 1. The van der Waals surface area contributed by atoms with Gasteiger partial charge in [0, 0.05) is 22.7 Å². The smallest absolute Gasteiger partial charge is 0.303 e. The molecule has 2 aromatic rings. The van der Waals surface area contributed by atoms with E-state index in [1.807, 2.05) is 30.5 Å². The average Bonchev–Trinajstić information content (AvgIpc) is 2.83. The van der Waals surface area contributed by atoms with Crippen molar-refractivity contribution in [2.75, 3.05) is 0 Å². The van der Waals surface area contributed by atoms with Gasteiger partial charge in [0.1, 0.15) is 0 Å². The summed E-state index contributed by atoms with van der Waals surface area (Å²) >= 11 is 1.64. The summed E-state index contributed by atoms with van der Waals surface area (Å²) in [5.74, 6) is -1.01. The number of aliphatic carboxylic acids is 1. The Labute approximate surface area is 115 Å². The van der Waals surface area contributed by atoms with E-state index in [0.29, 0.717) is 12.0 Å². The summed E-state index contributed by atoms with van der Waals surface area (Å²) in [4.78, 5) is 22.5. The van der Waals surface area contributed by atoms with E-state index in [9.17, 15) is 9.59 Å². The quantitative estimate of drug-likeness (QED) is 0.883. The van der Waals surface area contributed by atoms with Gasteiger partial charge in [-0.05, 0) is 48.4 Å². The third-order valence-corrected chi connectivity index (χ3v) is 3.78. The van der Waals surface area contributed by atoms with Crippen LogP contribution in [0.25, 0.3) is 10.1 Å². The summed E-state index contributed by atoms with van der Waals surface area (Å²) in [5, 5.41) is 14.4. The van der Waals surface area contributed by atoms with Crippen molar-refractivity contribution in [1.29, 1.82) is 0 Å². The fourth-order valence-electron chi connectivity index (χ4n) is 1.83. The fourth-order valence-corrected chi connectivity index (χ4v) is 2.60. The Kier molecular flexibility index (Phi) is 4.16. The van der Waals surface area contributed by atoms with Crippen LogP contribution in [0.15, 0.2) is 29.6 Å². The Morgan fingerprint density at radius 2 is 2.16 bits per heavy atom. The maximum atomic E-state index is 12.0. The first-order valence-electron chi connectivity index (χ1n) is 6.06. The number of fused-ring (bicyclic) bond motifs is 1. The topological polar surface area (TPSA) is 66.4 Å². The molecule has 0 bridgehead atoms. The molecule has 0 saturated carbocycles. The second kappa shape index (κ2) is 5.84. The summed E-state index contributed by atoms with van der Waals surface area (Å²) in [6.07, 6.45) is 0.493. The molecule has 1 unspecified atom stereocenters. The Morgan fingerprint density at radius 3 is 2.89 bits per heavy atom. The number of amides is 1. The van der Waals surface area contributed by atoms with Crippen molar-refractivity contribution in [2.45, 2.75) is 25.8 Å². The average molecular weight is 277 g/mol. The molecule has 5 heteroatoms. The predicted molar refractivity (Wildman–Crippen MR) is 75.6 cm³/mol. The first-order chi connectivity index (χ1) is 9.06. The minimum Gasteiger partial charge on any atom is -0.481 e. The molecule has 1 atom stereocenters. The summed E-state index contributed by atoms with van der Waals surface area (Å²) in [7, 11) is 0. The van der Waals surface area contributed by atoms with Gasteiger partial charge in [-0.25, -0.2) is 0 Å². The van der Waals surface area contributed by atoms with Crippen LogP contribution in [0.5, 0.6) is 0 Å². The molecule has 0 radical (unpaired) electrons. The van der Waals surface area contributed by atoms with Crippen LogP contribution in [-0.2, 0) is 4.79 Å². The molecule has 100 valence electrons. The normalized spacial score (nSPS) is 12.3. The van der Waals surface area contributed by atoms with Crippen LogP contribution in [0, 0.1) is 0 Å². The maximum Gasteiger partial charge on any atom is 0.303 e. The number of nitrogens with one attached hydrogen (secondary N) is 1. The Bertz CT molecular complexity index is 606. The van der Waals surface area contributed by atoms with E-state index >= 15 is 0 Å². The summed E-state index contributed by atoms with van der Waals surface area (Å²) in [6, 6.07) is 7.40. The van der Waals surface area contributed by atoms with Crippen molar-refractivity contribution in [3.63, 3.8) is 0 Å². The van der Waals surface area contributed by atoms with Gasteiger partial charge < -0.3 is 10.4 Å². The number of thiophene rings is 1. The van der Waals surface area contributed by atoms with Crippen LogP contribution in [0.2, 0.25) is 0 Å². The number of rotatable bonds is 5. The largest absolute Gasteiger partial charge is 0.481 e. The van der Waals surface area contributed by atoms with E-state index in [1.165, 1.54) is 0 Å². The number of hydrogen-bond donors (Lipinski definition) is 2. The highest BCUT2D eigenvalue weighted by Crippen LogP contribution is 2.21. The monoisotopic (exact) mass is 277 g/mol. The third kappa shape index (κ3) is 3.54. The van der Waals surface area contributed by atoms with Gasteiger partial charge in [-0.3, -0.25) is 9.59 Å². The SMILES string of the molecule is CC(CCC(=O)O)NC(=O)c1ccc2sccc2c1. The van der Waals surface area contributed by atoms with Crippen LogP contribution in [0.3, 0.4) is 0 Å². The fraction of sp³-hybridized carbons (Fsp3) is 0.286. The van der Waals surface area contributed by atoms with Crippen molar-refractivity contribution in [2.24, 2.45) is 0 Å². The second-order valence-electron chi connectivity index (χ2n) is 4.48. The van der Waals surface area contributed by atoms with Gasteiger partial charge in [-0.2, -0.15) is 0 Å². The van der Waals surface area contributed by atoms with Gasteiger partial charge in [-0.15, -0.1) is 11.3 Å². The molecule has 4 nitrogen and oxygen atoms in total. The standard InChI is InChI=1S/C14H15NO3S/c1-9(2-5-13(16)17)15-14(18)11-3-4-12-10(8-11)6-7-19-12/h3-4,6-9H,2,5H2,1H3,(H,15,18)(H,16,17). The molecule has 1 aromatic heterocycles. The molecule has 1 aromatic carbocycles. The van der Waals surface area contributed by atoms with Crippen molar-refractivity contribution < 1.29 is 14.7 Å². The highest BCUT2D eigenvalue weighted by molar-refractivity contribution is 7.17. The van der Waals surface area contributed by atoms with Crippen LogP contribution in [-0.4, -0.2) is 23.0 Å². The van der Waals surface area contributed by atoms with Crippen LogP contribution in [0.1, 0.15) is 30.1 Å². The van der Waals surface area contributed by atoms with Gasteiger partial charge in [0.15, 0.2) is 0 Å². The minimum absolute atomic E-state index is 0.0605. The van der Waals surface area contributed by atoms with Crippen LogP contribution >= 0.6 is 11.3 Å². The molecule has 0 saturated heterocycles. The van der Waals surface area contributed by atoms with Gasteiger partial charge in [0.25, 0.3) is 5.91 Å². The molecular weight excluding hydrogens is 262 g/mol. The molecular formula is C14H15NO3S. The maximum absolute atomic E-state index is 12.0. The third-order valence-electron chi connectivity index (χ3n) is 2.88. The molecule has 0 aliphatic rings. The lowest BCUT2D eigenvalue weighted by Crippen LogP contribution is -2.32. The van der Waals surface area contributed by atoms with Crippen molar-refractivity contribution in [3.05, 3.63) is 35.2 Å². The number of benzene rings is 1. The molecule has 19 heavy (non-hydrogen) atoms. The molecule has 2 N–H and O–H groups in total. The Balaban J connectivity index is 2.00. The van der Waals surface area contributed by atoms with Crippen LogP contribution in [0.4, 0.5) is 0 Å². The van der Waals surface area contributed by atoms with Crippen molar-refractivity contribution in [1.82, 2.24) is 5.32 Å². The number of carbonyl (C=O) groups is 2. The molecule has 1 heterocycles. The zero-order valence-corrected chi connectivity index (χ0v) is 11.4.